The van der Waals surface area contributed by atoms with E-state index in [1.54, 1.807) is 21.3 Å². The third-order valence-corrected chi connectivity index (χ3v) is 4.26. The fraction of sp³-hybridized carbons (Fsp3) is 0.409. The van der Waals surface area contributed by atoms with E-state index in [1.807, 2.05) is 50.2 Å². The lowest BCUT2D eigenvalue weighted by Gasteiger charge is -2.16. The molecule has 2 aromatic rings. The topological polar surface area (TPSA) is 73.3 Å². The molecule has 166 valence electrons. The smallest absolute Gasteiger partial charge is 0.203 e. The standard InChI is InChI=1S/C22H31N3O4.HI/c1-6-23-22(24-14-16-10-8-9-11-18(16)29-7-2)25-15-17-12-13-19(26-3)21(28-5)20(17)27-4;/h8-13H,6-7,14-15H2,1-5H3,(H2,23,24,25);1H. The minimum absolute atomic E-state index is 0. The molecule has 0 aliphatic carbocycles. The van der Waals surface area contributed by atoms with Crippen molar-refractivity contribution in [3.05, 3.63) is 47.5 Å². The third kappa shape index (κ3) is 6.86. The van der Waals surface area contributed by atoms with Crippen molar-refractivity contribution in [3.63, 3.8) is 0 Å². The molecule has 0 spiro atoms. The average Bonchev–Trinajstić information content (AvgIpc) is 2.75. The first-order valence-corrected chi connectivity index (χ1v) is 9.69. The number of hydrogen-bond acceptors (Lipinski definition) is 5. The van der Waals surface area contributed by atoms with Gasteiger partial charge in [0.25, 0.3) is 0 Å². The summed E-state index contributed by atoms with van der Waals surface area (Å²) in [5.74, 6) is 3.38. The lowest BCUT2D eigenvalue weighted by molar-refractivity contribution is 0.322. The molecule has 0 heterocycles. The second-order valence-corrected chi connectivity index (χ2v) is 6.08. The van der Waals surface area contributed by atoms with Gasteiger partial charge >= 0.3 is 0 Å². The summed E-state index contributed by atoms with van der Waals surface area (Å²) in [6.07, 6.45) is 0. The fourth-order valence-electron chi connectivity index (χ4n) is 2.92. The Hall–Kier alpha value is -2.36. The van der Waals surface area contributed by atoms with Gasteiger partial charge in [0.2, 0.25) is 5.75 Å². The molecule has 0 aliphatic heterocycles. The van der Waals surface area contributed by atoms with Gasteiger partial charge in [0.05, 0.1) is 34.5 Å². The van der Waals surface area contributed by atoms with E-state index >= 15 is 0 Å². The first kappa shape index (κ1) is 25.7. The zero-order valence-electron chi connectivity index (χ0n) is 18.3. The Kier molecular flexibility index (Phi) is 11.8. The van der Waals surface area contributed by atoms with Gasteiger partial charge in [-0.1, -0.05) is 18.2 Å². The zero-order valence-corrected chi connectivity index (χ0v) is 20.6. The highest BCUT2D eigenvalue weighted by Gasteiger charge is 2.15. The van der Waals surface area contributed by atoms with E-state index in [-0.39, 0.29) is 24.0 Å². The predicted molar refractivity (Wildman–Crippen MR) is 131 cm³/mol. The summed E-state index contributed by atoms with van der Waals surface area (Å²) in [6, 6.07) is 11.8. The lowest BCUT2D eigenvalue weighted by Crippen LogP contribution is -2.36. The predicted octanol–water partition coefficient (Wildman–Crippen LogP) is 3.98. The van der Waals surface area contributed by atoms with Crippen LogP contribution in [0.2, 0.25) is 0 Å². The van der Waals surface area contributed by atoms with Crippen molar-refractivity contribution in [1.82, 2.24) is 10.6 Å². The van der Waals surface area contributed by atoms with E-state index in [1.165, 1.54) is 0 Å². The van der Waals surface area contributed by atoms with Crippen molar-refractivity contribution in [1.29, 1.82) is 0 Å². The Labute approximate surface area is 196 Å². The highest BCUT2D eigenvalue weighted by atomic mass is 127. The summed E-state index contributed by atoms with van der Waals surface area (Å²) in [6.45, 7) is 6.41. The molecule has 0 saturated carbocycles. The van der Waals surface area contributed by atoms with Crippen LogP contribution in [0.1, 0.15) is 25.0 Å². The number of ether oxygens (including phenoxy) is 4. The number of para-hydroxylation sites is 1. The molecule has 7 nitrogen and oxygen atoms in total. The van der Waals surface area contributed by atoms with E-state index in [2.05, 4.69) is 10.6 Å². The first-order chi connectivity index (χ1) is 14.2. The highest BCUT2D eigenvalue weighted by Crippen LogP contribution is 2.39. The Morgan fingerprint density at radius 3 is 2.20 bits per heavy atom. The van der Waals surface area contributed by atoms with E-state index in [4.69, 9.17) is 23.9 Å². The maximum atomic E-state index is 5.69. The SMILES string of the molecule is CCNC(=NCc1ccc(OC)c(OC)c1OC)NCc1ccccc1OCC.I. The first-order valence-electron chi connectivity index (χ1n) is 9.69. The minimum Gasteiger partial charge on any atom is -0.494 e. The Balaban J connectivity index is 0.00000450. The van der Waals surface area contributed by atoms with Crippen LogP contribution < -0.4 is 29.6 Å². The highest BCUT2D eigenvalue weighted by molar-refractivity contribution is 14.0. The van der Waals surface area contributed by atoms with Gasteiger partial charge in [0.1, 0.15) is 5.75 Å². The van der Waals surface area contributed by atoms with Crippen molar-refractivity contribution >= 4 is 29.9 Å². The van der Waals surface area contributed by atoms with Crippen molar-refractivity contribution < 1.29 is 18.9 Å². The van der Waals surface area contributed by atoms with Crippen LogP contribution >= 0.6 is 24.0 Å². The summed E-state index contributed by atoms with van der Waals surface area (Å²) in [4.78, 5) is 4.69. The molecule has 0 amide bonds. The molecule has 0 aromatic heterocycles. The molecule has 0 bridgehead atoms. The second kappa shape index (κ2) is 13.8. The summed E-state index contributed by atoms with van der Waals surface area (Å²) in [5.41, 5.74) is 1.97. The number of methoxy groups -OCH3 is 3. The van der Waals surface area contributed by atoms with Gasteiger partial charge in [-0.15, -0.1) is 24.0 Å². The molecular formula is C22H32IN3O4. The quantitative estimate of drug-likeness (QED) is 0.276. The number of guanidine groups is 1. The zero-order chi connectivity index (χ0) is 21.1. The van der Waals surface area contributed by atoms with E-state index in [9.17, 15) is 0 Å². The normalized spacial score (nSPS) is 10.6. The van der Waals surface area contributed by atoms with Crippen LogP contribution in [0, 0.1) is 0 Å². The van der Waals surface area contributed by atoms with Gasteiger partial charge in [-0.3, -0.25) is 0 Å². The van der Waals surface area contributed by atoms with Gasteiger partial charge in [0, 0.05) is 24.2 Å². The van der Waals surface area contributed by atoms with Gasteiger partial charge < -0.3 is 29.6 Å². The van der Waals surface area contributed by atoms with Gasteiger partial charge in [0.15, 0.2) is 17.5 Å². The molecule has 8 heteroatoms. The number of halogens is 1. The van der Waals surface area contributed by atoms with Crippen LogP contribution in [0.15, 0.2) is 41.4 Å². The number of nitrogens with one attached hydrogen (secondary N) is 2. The van der Waals surface area contributed by atoms with Crippen LogP contribution in [0.5, 0.6) is 23.0 Å². The maximum absolute atomic E-state index is 5.69. The molecule has 0 radical (unpaired) electrons. The number of hydrogen-bond donors (Lipinski definition) is 2. The molecule has 0 aliphatic rings. The van der Waals surface area contributed by atoms with Gasteiger partial charge in [-0.25, -0.2) is 4.99 Å². The largest absolute Gasteiger partial charge is 0.494 e. The third-order valence-electron chi connectivity index (χ3n) is 4.26. The molecule has 0 saturated heterocycles. The molecule has 30 heavy (non-hydrogen) atoms. The van der Waals surface area contributed by atoms with Crippen LogP contribution in [-0.4, -0.2) is 40.4 Å². The molecule has 0 unspecified atom stereocenters. The molecule has 2 aromatic carbocycles. The van der Waals surface area contributed by atoms with Crippen LogP contribution in [0.4, 0.5) is 0 Å². The number of benzene rings is 2. The Morgan fingerprint density at radius 2 is 1.57 bits per heavy atom. The van der Waals surface area contributed by atoms with Crippen molar-refractivity contribution in [3.8, 4) is 23.0 Å². The molecule has 0 atom stereocenters. The number of aliphatic imine (C=N–C) groups is 1. The average molecular weight is 529 g/mol. The molecule has 2 N–H and O–H groups in total. The number of nitrogens with zero attached hydrogens (tertiary/aromatic N) is 1. The summed E-state index contributed by atoms with van der Waals surface area (Å²) in [7, 11) is 4.80. The number of rotatable bonds is 10. The molecule has 0 fully saturated rings. The molecule has 2 rings (SSSR count). The lowest BCUT2D eigenvalue weighted by atomic mass is 10.1. The summed E-state index contributed by atoms with van der Waals surface area (Å²) in [5, 5.41) is 6.62. The van der Waals surface area contributed by atoms with Crippen molar-refractivity contribution in [2.24, 2.45) is 4.99 Å². The minimum atomic E-state index is 0. The monoisotopic (exact) mass is 529 g/mol. The van der Waals surface area contributed by atoms with Crippen LogP contribution in [0.25, 0.3) is 0 Å². The van der Waals surface area contributed by atoms with E-state index < -0.39 is 0 Å². The summed E-state index contributed by atoms with van der Waals surface area (Å²) >= 11 is 0. The fourth-order valence-corrected chi connectivity index (χ4v) is 2.92. The van der Waals surface area contributed by atoms with Crippen LogP contribution in [0.3, 0.4) is 0 Å². The van der Waals surface area contributed by atoms with Gasteiger partial charge in [-0.2, -0.15) is 0 Å². The van der Waals surface area contributed by atoms with E-state index in [0.29, 0.717) is 42.9 Å². The van der Waals surface area contributed by atoms with Crippen molar-refractivity contribution in [2.75, 3.05) is 34.5 Å². The second-order valence-electron chi connectivity index (χ2n) is 6.08. The van der Waals surface area contributed by atoms with E-state index in [0.717, 1.165) is 23.4 Å². The Morgan fingerprint density at radius 1 is 0.833 bits per heavy atom. The summed E-state index contributed by atoms with van der Waals surface area (Å²) < 4.78 is 22.0. The van der Waals surface area contributed by atoms with Crippen LogP contribution in [-0.2, 0) is 13.1 Å². The maximum Gasteiger partial charge on any atom is 0.203 e. The van der Waals surface area contributed by atoms with Crippen molar-refractivity contribution in [2.45, 2.75) is 26.9 Å². The van der Waals surface area contributed by atoms with Gasteiger partial charge in [-0.05, 0) is 32.0 Å². The molecular weight excluding hydrogens is 497 g/mol. The Bertz CT molecular complexity index is 815.